The maximum Gasteiger partial charge on any atom is 0.0950 e. The van der Waals surface area contributed by atoms with Crippen LogP contribution in [0.3, 0.4) is 0 Å². The Morgan fingerprint density at radius 2 is 2.29 bits per heavy atom. The second-order valence-corrected chi connectivity index (χ2v) is 5.45. The Bertz CT molecular complexity index is 341. The zero-order valence-corrected chi connectivity index (χ0v) is 11.0. The first-order valence-corrected chi connectivity index (χ1v) is 6.64. The van der Waals surface area contributed by atoms with Crippen molar-refractivity contribution in [3.63, 3.8) is 0 Å². The molecule has 4 heteroatoms. The van der Waals surface area contributed by atoms with Crippen molar-refractivity contribution < 1.29 is 0 Å². The molecule has 0 radical (unpaired) electrons. The SMILES string of the molecule is CC(C)CN(Cc1cn(CCN)cn1)C1CC1. The highest BCUT2D eigenvalue weighted by Crippen LogP contribution is 2.28. The van der Waals surface area contributed by atoms with Gasteiger partial charge in [0, 0.05) is 38.4 Å². The summed E-state index contributed by atoms with van der Waals surface area (Å²) in [5, 5.41) is 0. The van der Waals surface area contributed by atoms with E-state index in [4.69, 9.17) is 5.73 Å². The third-order valence-corrected chi connectivity index (χ3v) is 3.10. The van der Waals surface area contributed by atoms with E-state index in [0.717, 1.165) is 25.0 Å². The van der Waals surface area contributed by atoms with Crippen LogP contribution in [0.25, 0.3) is 0 Å². The van der Waals surface area contributed by atoms with Crippen LogP contribution in [-0.4, -0.2) is 33.6 Å². The molecule has 1 fully saturated rings. The van der Waals surface area contributed by atoms with Gasteiger partial charge in [0.05, 0.1) is 12.0 Å². The van der Waals surface area contributed by atoms with Gasteiger partial charge in [-0.25, -0.2) is 4.98 Å². The van der Waals surface area contributed by atoms with Gasteiger partial charge in [0.1, 0.15) is 0 Å². The first kappa shape index (κ1) is 12.6. The van der Waals surface area contributed by atoms with Crippen molar-refractivity contribution in [1.82, 2.24) is 14.5 Å². The molecule has 0 aliphatic heterocycles. The van der Waals surface area contributed by atoms with Gasteiger partial charge >= 0.3 is 0 Å². The first-order valence-electron chi connectivity index (χ1n) is 6.64. The Morgan fingerprint density at radius 1 is 1.53 bits per heavy atom. The van der Waals surface area contributed by atoms with Crippen molar-refractivity contribution in [1.29, 1.82) is 0 Å². The monoisotopic (exact) mass is 236 g/mol. The Hall–Kier alpha value is -0.870. The summed E-state index contributed by atoms with van der Waals surface area (Å²) in [5.41, 5.74) is 6.71. The summed E-state index contributed by atoms with van der Waals surface area (Å²) in [6, 6.07) is 0.803. The largest absolute Gasteiger partial charge is 0.336 e. The highest BCUT2D eigenvalue weighted by atomic mass is 15.2. The Kier molecular flexibility index (Phi) is 4.18. The summed E-state index contributed by atoms with van der Waals surface area (Å²) in [7, 11) is 0. The first-order chi connectivity index (χ1) is 8.19. The minimum absolute atomic E-state index is 0.675. The zero-order chi connectivity index (χ0) is 12.3. The Balaban J connectivity index is 1.91. The second kappa shape index (κ2) is 5.65. The van der Waals surface area contributed by atoms with Gasteiger partial charge in [-0.2, -0.15) is 0 Å². The van der Waals surface area contributed by atoms with Crippen LogP contribution in [-0.2, 0) is 13.1 Å². The number of nitrogens with zero attached hydrogens (tertiary/aromatic N) is 3. The van der Waals surface area contributed by atoms with Crippen molar-refractivity contribution in [2.24, 2.45) is 11.7 Å². The predicted molar refractivity (Wildman–Crippen MR) is 69.6 cm³/mol. The third kappa shape index (κ3) is 3.82. The average Bonchev–Trinajstić information content (AvgIpc) is 3.01. The molecule has 0 atom stereocenters. The summed E-state index contributed by atoms with van der Waals surface area (Å²) in [6.07, 6.45) is 6.73. The molecule has 96 valence electrons. The van der Waals surface area contributed by atoms with Gasteiger partial charge in [-0.1, -0.05) is 13.8 Å². The minimum Gasteiger partial charge on any atom is -0.336 e. The van der Waals surface area contributed by atoms with Gasteiger partial charge in [0.15, 0.2) is 0 Å². The average molecular weight is 236 g/mol. The summed E-state index contributed by atoms with van der Waals surface area (Å²) < 4.78 is 2.08. The minimum atomic E-state index is 0.675. The van der Waals surface area contributed by atoms with Crippen LogP contribution in [0.15, 0.2) is 12.5 Å². The number of rotatable bonds is 7. The standard InChI is InChI=1S/C13H24N4/c1-11(2)7-17(13-3-4-13)9-12-8-16(6-5-14)10-15-12/h8,10-11,13H,3-7,9,14H2,1-2H3. The molecule has 17 heavy (non-hydrogen) atoms. The smallest absolute Gasteiger partial charge is 0.0950 e. The topological polar surface area (TPSA) is 47.1 Å². The number of hydrogen-bond donors (Lipinski definition) is 1. The molecule has 2 N–H and O–H groups in total. The van der Waals surface area contributed by atoms with Crippen LogP contribution in [0.2, 0.25) is 0 Å². The van der Waals surface area contributed by atoms with Gasteiger partial charge < -0.3 is 10.3 Å². The molecule has 1 heterocycles. The Morgan fingerprint density at radius 3 is 2.88 bits per heavy atom. The highest BCUT2D eigenvalue weighted by molar-refractivity contribution is 4.99. The zero-order valence-electron chi connectivity index (χ0n) is 11.0. The lowest BCUT2D eigenvalue weighted by atomic mass is 10.2. The van der Waals surface area contributed by atoms with E-state index in [1.54, 1.807) is 0 Å². The lowest BCUT2D eigenvalue weighted by Gasteiger charge is -2.22. The van der Waals surface area contributed by atoms with E-state index in [9.17, 15) is 0 Å². The Labute approximate surface area is 104 Å². The number of hydrogen-bond acceptors (Lipinski definition) is 3. The van der Waals surface area contributed by atoms with Crippen LogP contribution in [0, 0.1) is 5.92 Å². The van der Waals surface area contributed by atoms with E-state index in [-0.39, 0.29) is 0 Å². The van der Waals surface area contributed by atoms with Gasteiger partial charge in [-0.05, 0) is 18.8 Å². The van der Waals surface area contributed by atoms with Crippen LogP contribution in [0.1, 0.15) is 32.4 Å². The summed E-state index contributed by atoms with van der Waals surface area (Å²) in [6.45, 7) is 8.26. The van der Waals surface area contributed by atoms with Crippen LogP contribution in [0.4, 0.5) is 0 Å². The summed E-state index contributed by atoms with van der Waals surface area (Å²) >= 11 is 0. The maximum atomic E-state index is 5.54. The molecule has 1 aliphatic carbocycles. The van der Waals surface area contributed by atoms with Crippen molar-refractivity contribution in [2.75, 3.05) is 13.1 Å². The van der Waals surface area contributed by atoms with E-state index >= 15 is 0 Å². The fourth-order valence-electron chi connectivity index (χ4n) is 2.22. The van der Waals surface area contributed by atoms with Crippen molar-refractivity contribution in [3.05, 3.63) is 18.2 Å². The normalized spacial score (nSPS) is 16.1. The molecule has 1 aromatic heterocycles. The predicted octanol–water partition coefficient (Wildman–Crippen LogP) is 1.46. The van der Waals surface area contributed by atoms with E-state index in [0.29, 0.717) is 6.54 Å². The second-order valence-electron chi connectivity index (χ2n) is 5.45. The van der Waals surface area contributed by atoms with Gasteiger partial charge in [-0.15, -0.1) is 0 Å². The molecule has 2 rings (SSSR count). The fourth-order valence-corrected chi connectivity index (χ4v) is 2.22. The lowest BCUT2D eigenvalue weighted by molar-refractivity contribution is 0.224. The van der Waals surface area contributed by atoms with E-state index < -0.39 is 0 Å². The van der Waals surface area contributed by atoms with Gasteiger partial charge in [0.25, 0.3) is 0 Å². The molecule has 0 amide bonds. The van der Waals surface area contributed by atoms with Crippen molar-refractivity contribution in [2.45, 2.75) is 45.8 Å². The molecule has 4 nitrogen and oxygen atoms in total. The van der Waals surface area contributed by atoms with Crippen molar-refractivity contribution in [3.8, 4) is 0 Å². The molecule has 0 spiro atoms. The van der Waals surface area contributed by atoms with Crippen LogP contribution < -0.4 is 5.73 Å². The van der Waals surface area contributed by atoms with E-state index in [1.807, 2.05) is 6.33 Å². The third-order valence-electron chi connectivity index (χ3n) is 3.10. The number of nitrogens with two attached hydrogens (primary N) is 1. The molecule has 0 bridgehead atoms. The van der Waals surface area contributed by atoms with Gasteiger partial charge in [-0.3, -0.25) is 4.90 Å². The van der Waals surface area contributed by atoms with E-state index in [2.05, 4.69) is 34.5 Å². The fraction of sp³-hybridized carbons (Fsp3) is 0.769. The molecule has 0 unspecified atom stereocenters. The van der Waals surface area contributed by atoms with Gasteiger partial charge in [0.2, 0.25) is 0 Å². The molecule has 0 saturated heterocycles. The highest BCUT2D eigenvalue weighted by Gasteiger charge is 2.29. The van der Waals surface area contributed by atoms with Crippen LogP contribution in [0.5, 0.6) is 0 Å². The van der Waals surface area contributed by atoms with Crippen molar-refractivity contribution >= 4 is 0 Å². The molecule has 0 aromatic carbocycles. The number of imidazole rings is 1. The van der Waals surface area contributed by atoms with Crippen LogP contribution >= 0.6 is 0 Å². The summed E-state index contributed by atoms with van der Waals surface area (Å²) in [5.74, 6) is 0.724. The quantitative estimate of drug-likeness (QED) is 0.779. The van der Waals surface area contributed by atoms with E-state index in [1.165, 1.54) is 25.1 Å². The number of aromatic nitrogens is 2. The molecule has 1 aliphatic rings. The molecular weight excluding hydrogens is 212 g/mol. The summed E-state index contributed by atoms with van der Waals surface area (Å²) in [4.78, 5) is 7.03. The molecule has 1 aromatic rings. The lowest BCUT2D eigenvalue weighted by Crippen LogP contribution is -2.29. The molecular formula is C13H24N4. The maximum absolute atomic E-state index is 5.54. The molecule has 1 saturated carbocycles.